The lowest BCUT2D eigenvalue weighted by Crippen LogP contribution is -1.97. The molecule has 0 fully saturated rings. The summed E-state index contributed by atoms with van der Waals surface area (Å²) in [5.74, 6) is 0. The van der Waals surface area contributed by atoms with E-state index < -0.39 is 0 Å². The third-order valence-electron chi connectivity index (χ3n) is 1.56. The molecule has 3 nitrogen and oxygen atoms in total. The summed E-state index contributed by atoms with van der Waals surface area (Å²) in [5, 5.41) is 8.46. The number of nitrogens with two attached hydrogens (primary N) is 2. The van der Waals surface area contributed by atoms with Crippen LogP contribution >= 0.6 is 15.9 Å². The van der Waals surface area contributed by atoms with Crippen molar-refractivity contribution in [2.45, 2.75) is 6.42 Å². The fourth-order valence-corrected chi connectivity index (χ4v) is 1.38. The van der Waals surface area contributed by atoms with E-state index in [0.29, 0.717) is 17.8 Å². The average Bonchev–Trinajstić information content (AvgIpc) is 2.07. The fraction of sp³-hybridized carbons (Fsp3) is 0.125. The summed E-state index contributed by atoms with van der Waals surface area (Å²) in [6.07, 6.45) is 0.338. The molecular formula is C8H8BrN3. The van der Waals surface area contributed by atoms with Gasteiger partial charge in [-0.25, -0.2) is 0 Å². The zero-order valence-electron chi connectivity index (χ0n) is 6.34. The van der Waals surface area contributed by atoms with Gasteiger partial charge in [0.25, 0.3) is 0 Å². The smallest absolute Gasteiger partial charge is 0.0695 e. The maximum absolute atomic E-state index is 8.46. The molecule has 4 heteroatoms. The van der Waals surface area contributed by atoms with Gasteiger partial charge in [-0.2, -0.15) is 5.26 Å². The normalized spacial score (nSPS) is 9.33. The number of nitrogen functional groups attached to an aromatic ring is 2. The van der Waals surface area contributed by atoms with Crippen LogP contribution in [0.2, 0.25) is 0 Å². The molecule has 0 aliphatic rings. The van der Waals surface area contributed by atoms with Crippen LogP contribution in [0.5, 0.6) is 0 Å². The largest absolute Gasteiger partial charge is 0.397 e. The molecule has 0 saturated heterocycles. The van der Waals surface area contributed by atoms with Gasteiger partial charge in [0.2, 0.25) is 0 Å². The SMILES string of the molecule is N#CCc1ccc(N)c(N)c1Br. The van der Waals surface area contributed by atoms with Gasteiger partial charge in [0.15, 0.2) is 0 Å². The maximum atomic E-state index is 8.46. The monoisotopic (exact) mass is 225 g/mol. The highest BCUT2D eigenvalue weighted by atomic mass is 79.9. The zero-order chi connectivity index (χ0) is 9.14. The summed E-state index contributed by atoms with van der Waals surface area (Å²) in [6.45, 7) is 0. The number of rotatable bonds is 1. The van der Waals surface area contributed by atoms with Crippen molar-refractivity contribution in [3.05, 3.63) is 22.2 Å². The van der Waals surface area contributed by atoms with E-state index in [9.17, 15) is 0 Å². The van der Waals surface area contributed by atoms with Crippen LogP contribution < -0.4 is 11.5 Å². The molecule has 0 amide bonds. The summed E-state index contributed by atoms with van der Waals surface area (Å²) in [6, 6.07) is 5.54. The number of anilines is 2. The van der Waals surface area contributed by atoms with Gasteiger partial charge in [0, 0.05) is 4.47 Å². The Balaban J connectivity index is 3.19. The van der Waals surface area contributed by atoms with Gasteiger partial charge in [-0.15, -0.1) is 0 Å². The van der Waals surface area contributed by atoms with Crippen LogP contribution in [-0.4, -0.2) is 0 Å². The number of benzene rings is 1. The Morgan fingerprint density at radius 1 is 1.42 bits per heavy atom. The van der Waals surface area contributed by atoms with Crippen molar-refractivity contribution < 1.29 is 0 Å². The third kappa shape index (κ3) is 1.51. The van der Waals surface area contributed by atoms with Crippen LogP contribution in [0, 0.1) is 11.3 Å². The van der Waals surface area contributed by atoms with E-state index in [2.05, 4.69) is 15.9 Å². The number of nitriles is 1. The van der Waals surface area contributed by atoms with Crippen LogP contribution in [0.25, 0.3) is 0 Å². The number of hydrogen-bond acceptors (Lipinski definition) is 3. The van der Waals surface area contributed by atoms with Crippen molar-refractivity contribution >= 4 is 27.3 Å². The molecule has 1 rings (SSSR count). The Morgan fingerprint density at radius 3 is 2.67 bits per heavy atom. The highest BCUT2D eigenvalue weighted by Crippen LogP contribution is 2.29. The topological polar surface area (TPSA) is 75.8 Å². The second kappa shape index (κ2) is 3.46. The van der Waals surface area contributed by atoms with E-state index >= 15 is 0 Å². The first-order valence-electron chi connectivity index (χ1n) is 3.36. The first-order valence-corrected chi connectivity index (χ1v) is 4.15. The lowest BCUT2D eigenvalue weighted by molar-refractivity contribution is 1.25. The highest BCUT2D eigenvalue weighted by molar-refractivity contribution is 9.10. The van der Waals surface area contributed by atoms with Gasteiger partial charge < -0.3 is 11.5 Å². The molecule has 1 aromatic carbocycles. The van der Waals surface area contributed by atoms with E-state index in [4.69, 9.17) is 16.7 Å². The summed E-state index contributed by atoms with van der Waals surface area (Å²) < 4.78 is 0.726. The molecule has 0 spiro atoms. The van der Waals surface area contributed by atoms with Crippen molar-refractivity contribution in [2.24, 2.45) is 0 Å². The van der Waals surface area contributed by atoms with E-state index in [1.807, 2.05) is 6.07 Å². The summed E-state index contributed by atoms with van der Waals surface area (Å²) >= 11 is 3.28. The van der Waals surface area contributed by atoms with Gasteiger partial charge in [-0.05, 0) is 27.6 Å². The highest BCUT2D eigenvalue weighted by Gasteiger charge is 2.05. The Hall–Kier alpha value is -1.21. The van der Waals surface area contributed by atoms with Crippen molar-refractivity contribution in [1.82, 2.24) is 0 Å². The Kier molecular flexibility index (Phi) is 2.56. The lowest BCUT2D eigenvalue weighted by Gasteiger charge is -2.05. The molecule has 0 unspecified atom stereocenters. The molecule has 0 bridgehead atoms. The Morgan fingerprint density at radius 2 is 2.08 bits per heavy atom. The molecule has 62 valence electrons. The minimum atomic E-state index is 0.338. The van der Waals surface area contributed by atoms with Crippen LogP contribution in [0.3, 0.4) is 0 Å². The van der Waals surface area contributed by atoms with Crippen LogP contribution in [0.1, 0.15) is 5.56 Å². The first-order chi connectivity index (χ1) is 5.66. The lowest BCUT2D eigenvalue weighted by atomic mass is 10.1. The molecule has 4 N–H and O–H groups in total. The molecule has 12 heavy (non-hydrogen) atoms. The molecule has 0 atom stereocenters. The third-order valence-corrected chi connectivity index (χ3v) is 2.50. The summed E-state index contributed by atoms with van der Waals surface area (Å²) in [4.78, 5) is 0. The molecular weight excluding hydrogens is 218 g/mol. The minimum absolute atomic E-state index is 0.338. The fourth-order valence-electron chi connectivity index (χ4n) is 0.875. The predicted octanol–water partition coefficient (Wildman–Crippen LogP) is 1.68. The minimum Gasteiger partial charge on any atom is -0.397 e. The Labute approximate surface area is 79.1 Å². The van der Waals surface area contributed by atoms with Crippen molar-refractivity contribution in [3.63, 3.8) is 0 Å². The van der Waals surface area contributed by atoms with E-state index in [-0.39, 0.29) is 0 Å². The van der Waals surface area contributed by atoms with Gasteiger partial charge in [-0.3, -0.25) is 0 Å². The number of halogens is 1. The van der Waals surface area contributed by atoms with Gasteiger partial charge in [0.05, 0.1) is 23.9 Å². The van der Waals surface area contributed by atoms with Gasteiger partial charge >= 0.3 is 0 Å². The standard InChI is InChI=1S/C8H8BrN3/c9-7-5(3-4-10)1-2-6(11)8(7)12/h1-2H,3,11-12H2. The average molecular weight is 226 g/mol. The van der Waals surface area contributed by atoms with E-state index in [1.165, 1.54) is 0 Å². The second-order valence-corrected chi connectivity index (χ2v) is 3.17. The number of hydrogen-bond donors (Lipinski definition) is 2. The molecule has 0 saturated carbocycles. The van der Waals surface area contributed by atoms with Gasteiger partial charge in [-0.1, -0.05) is 6.07 Å². The predicted molar refractivity (Wildman–Crippen MR) is 52.3 cm³/mol. The molecule has 0 heterocycles. The molecule has 0 radical (unpaired) electrons. The van der Waals surface area contributed by atoms with Crippen molar-refractivity contribution in [2.75, 3.05) is 11.5 Å². The van der Waals surface area contributed by atoms with Crippen LogP contribution in [-0.2, 0) is 6.42 Å². The molecule has 1 aromatic rings. The summed E-state index contributed by atoms with van der Waals surface area (Å²) in [7, 11) is 0. The maximum Gasteiger partial charge on any atom is 0.0695 e. The summed E-state index contributed by atoms with van der Waals surface area (Å²) in [5.41, 5.74) is 13.1. The van der Waals surface area contributed by atoms with Gasteiger partial charge in [0.1, 0.15) is 0 Å². The second-order valence-electron chi connectivity index (χ2n) is 2.38. The number of nitrogens with zero attached hydrogens (tertiary/aromatic N) is 1. The van der Waals surface area contributed by atoms with Crippen molar-refractivity contribution in [1.29, 1.82) is 5.26 Å². The first kappa shape index (κ1) is 8.88. The Bertz CT molecular complexity index is 341. The van der Waals surface area contributed by atoms with Crippen LogP contribution in [0.15, 0.2) is 16.6 Å². The van der Waals surface area contributed by atoms with E-state index in [1.54, 1.807) is 12.1 Å². The van der Waals surface area contributed by atoms with Crippen molar-refractivity contribution in [3.8, 4) is 6.07 Å². The zero-order valence-corrected chi connectivity index (χ0v) is 7.93. The molecule has 0 aromatic heterocycles. The quantitative estimate of drug-likeness (QED) is 0.715. The van der Waals surface area contributed by atoms with E-state index in [0.717, 1.165) is 10.0 Å². The van der Waals surface area contributed by atoms with Crippen LogP contribution in [0.4, 0.5) is 11.4 Å². The molecule has 0 aliphatic carbocycles. The molecule has 0 aliphatic heterocycles.